The van der Waals surface area contributed by atoms with Crippen LogP contribution in [0.5, 0.6) is 0 Å². The molecule has 1 aromatic rings. The average Bonchev–Trinajstić information content (AvgIpc) is 2.38. The predicted molar refractivity (Wildman–Crippen MR) is 68.2 cm³/mol. The maximum absolute atomic E-state index is 12.0. The molecular formula is C11H13ClN2O5. The van der Waals surface area contributed by atoms with Crippen LogP contribution in [0.3, 0.4) is 0 Å². The molecule has 0 spiro atoms. The third-order valence-corrected chi connectivity index (χ3v) is 2.74. The van der Waals surface area contributed by atoms with E-state index in [1.54, 1.807) is 0 Å². The highest BCUT2D eigenvalue weighted by molar-refractivity contribution is 6.32. The summed E-state index contributed by atoms with van der Waals surface area (Å²) < 4.78 is 0. The van der Waals surface area contributed by atoms with Crippen molar-refractivity contribution in [3.05, 3.63) is 38.9 Å². The molecule has 0 saturated carbocycles. The van der Waals surface area contributed by atoms with Crippen molar-refractivity contribution < 1.29 is 19.9 Å². The lowest BCUT2D eigenvalue weighted by Crippen LogP contribution is -2.35. The lowest BCUT2D eigenvalue weighted by Gasteiger charge is -2.20. The molecule has 2 N–H and O–H groups in total. The second-order valence-electron chi connectivity index (χ2n) is 3.66. The molecule has 0 heterocycles. The number of nitrogens with zero attached hydrogens (tertiary/aromatic N) is 2. The Morgan fingerprint density at radius 2 is 1.89 bits per heavy atom. The van der Waals surface area contributed by atoms with Gasteiger partial charge < -0.3 is 15.1 Å². The number of benzene rings is 1. The summed E-state index contributed by atoms with van der Waals surface area (Å²) in [5.41, 5.74) is -0.279. The van der Waals surface area contributed by atoms with Gasteiger partial charge in [0.25, 0.3) is 11.6 Å². The Morgan fingerprint density at radius 3 is 2.37 bits per heavy atom. The van der Waals surface area contributed by atoms with Gasteiger partial charge in [-0.25, -0.2) is 0 Å². The Labute approximate surface area is 114 Å². The normalized spacial score (nSPS) is 10.3. The molecule has 0 radical (unpaired) electrons. The molecule has 0 fully saturated rings. The fourth-order valence-corrected chi connectivity index (χ4v) is 1.71. The molecule has 0 aliphatic heterocycles. The van der Waals surface area contributed by atoms with Crippen molar-refractivity contribution in [1.29, 1.82) is 0 Å². The third-order valence-electron chi connectivity index (χ3n) is 2.42. The minimum atomic E-state index is -0.679. The smallest absolute Gasteiger partial charge is 0.288 e. The molecule has 19 heavy (non-hydrogen) atoms. The van der Waals surface area contributed by atoms with Crippen molar-refractivity contribution in [2.24, 2.45) is 0 Å². The number of aliphatic hydroxyl groups is 2. The zero-order valence-electron chi connectivity index (χ0n) is 9.95. The zero-order chi connectivity index (χ0) is 14.4. The topological polar surface area (TPSA) is 104 Å². The van der Waals surface area contributed by atoms with Gasteiger partial charge in [-0.1, -0.05) is 11.6 Å². The van der Waals surface area contributed by atoms with E-state index in [2.05, 4.69) is 0 Å². The zero-order valence-corrected chi connectivity index (χ0v) is 10.7. The number of carbonyl (C=O) groups excluding carboxylic acids is 1. The molecule has 0 saturated heterocycles. The Kier molecular flexibility index (Phi) is 5.68. The number of amides is 1. The molecule has 1 amide bonds. The number of halogens is 1. The maximum atomic E-state index is 12.0. The molecular weight excluding hydrogens is 276 g/mol. The molecule has 0 atom stereocenters. The van der Waals surface area contributed by atoms with Crippen molar-refractivity contribution in [2.75, 3.05) is 26.3 Å². The number of aliphatic hydroxyl groups excluding tert-OH is 2. The molecule has 1 aromatic carbocycles. The summed E-state index contributed by atoms with van der Waals surface area (Å²) >= 11 is 5.65. The first-order valence-corrected chi connectivity index (χ1v) is 5.84. The quantitative estimate of drug-likeness (QED) is 0.591. The van der Waals surface area contributed by atoms with Crippen LogP contribution >= 0.6 is 11.6 Å². The minimum absolute atomic E-state index is 0.0375. The largest absolute Gasteiger partial charge is 0.395 e. The average molecular weight is 289 g/mol. The number of nitro groups is 1. The van der Waals surface area contributed by atoms with E-state index in [-0.39, 0.29) is 42.6 Å². The summed E-state index contributed by atoms with van der Waals surface area (Å²) in [6, 6.07) is 3.70. The van der Waals surface area contributed by atoms with Crippen LogP contribution in [0.25, 0.3) is 0 Å². The highest BCUT2D eigenvalue weighted by Gasteiger charge is 2.20. The minimum Gasteiger partial charge on any atom is -0.395 e. The number of carbonyl (C=O) groups is 1. The lowest BCUT2D eigenvalue weighted by molar-refractivity contribution is -0.384. The van der Waals surface area contributed by atoms with E-state index in [1.165, 1.54) is 17.0 Å². The van der Waals surface area contributed by atoms with Crippen molar-refractivity contribution in [3.63, 3.8) is 0 Å². The van der Waals surface area contributed by atoms with Gasteiger partial charge in [0.1, 0.15) is 5.02 Å². The maximum Gasteiger partial charge on any atom is 0.288 e. The van der Waals surface area contributed by atoms with E-state index < -0.39 is 10.8 Å². The van der Waals surface area contributed by atoms with Crippen molar-refractivity contribution in [2.45, 2.75) is 0 Å². The van der Waals surface area contributed by atoms with Gasteiger partial charge in [-0.15, -0.1) is 0 Å². The van der Waals surface area contributed by atoms with Gasteiger partial charge >= 0.3 is 0 Å². The van der Waals surface area contributed by atoms with Crippen LogP contribution in [0.15, 0.2) is 18.2 Å². The van der Waals surface area contributed by atoms with Crippen LogP contribution in [-0.4, -0.2) is 52.2 Å². The van der Waals surface area contributed by atoms with E-state index in [1.807, 2.05) is 0 Å². The van der Waals surface area contributed by atoms with E-state index in [9.17, 15) is 14.9 Å². The summed E-state index contributed by atoms with van der Waals surface area (Å²) in [6.45, 7) is -0.450. The molecule has 0 aliphatic rings. The van der Waals surface area contributed by atoms with Gasteiger partial charge in [-0.2, -0.15) is 0 Å². The van der Waals surface area contributed by atoms with Crippen molar-refractivity contribution in [1.82, 2.24) is 4.90 Å². The van der Waals surface area contributed by atoms with Crippen LogP contribution in [0.4, 0.5) is 5.69 Å². The van der Waals surface area contributed by atoms with Gasteiger partial charge in [0.15, 0.2) is 0 Å². The molecule has 0 unspecified atom stereocenters. The first-order chi connectivity index (χ1) is 9.01. The fourth-order valence-electron chi connectivity index (χ4n) is 1.52. The van der Waals surface area contributed by atoms with Crippen LogP contribution in [0.1, 0.15) is 10.4 Å². The molecule has 104 valence electrons. The van der Waals surface area contributed by atoms with Crippen LogP contribution < -0.4 is 0 Å². The molecule has 7 nitrogen and oxygen atoms in total. The Hall–Kier alpha value is -1.70. The van der Waals surface area contributed by atoms with Crippen LogP contribution in [-0.2, 0) is 0 Å². The van der Waals surface area contributed by atoms with E-state index in [0.29, 0.717) is 0 Å². The van der Waals surface area contributed by atoms with Gasteiger partial charge in [0, 0.05) is 24.7 Å². The van der Waals surface area contributed by atoms with Gasteiger partial charge in [0.05, 0.1) is 18.1 Å². The van der Waals surface area contributed by atoms with E-state index in [4.69, 9.17) is 21.8 Å². The monoisotopic (exact) mass is 288 g/mol. The van der Waals surface area contributed by atoms with Gasteiger partial charge in [-0.3, -0.25) is 14.9 Å². The summed E-state index contributed by atoms with van der Waals surface area (Å²) in [5.74, 6) is -0.511. The van der Waals surface area contributed by atoms with E-state index >= 15 is 0 Å². The van der Waals surface area contributed by atoms with Gasteiger partial charge in [-0.05, 0) is 12.1 Å². The summed E-state index contributed by atoms with van der Waals surface area (Å²) in [4.78, 5) is 23.3. The van der Waals surface area contributed by atoms with Crippen molar-refractivity contribution in [3.8, 4) is 0 Å². The Morgan fingerprint density at radius 1 is 1.32 bits per heavy atom. The second kappa shape index (κ2) is 7.03. The SMILES string of the molecule is O=C(c1ccc(Cl)c([N+](=O)[O-])c1)N(CCO)CCO. The fraction of sp³-hybridized carbons (Fsp3) is 0.364. The first kappa shape index (κ1) is 15.4. The Balaban J connectivity index is 3.04. The summed E-state index contributed by atoms with van der Waals surface area (Å²) in [5, 5.41) is 28.4. The number of hydrogen-bond donors (Lipinski definition) is 2. The van der Waals surface area contributed by atoms with Crippen molar-refractivity contribution >= 4 is 23.2 Å². The number of nitro benzene ring substituents is 1. The van der Waals surface area contributed by atoms with Crippen LogP contribution in [0.2, 0.25) is 5.02 Å². The summed E-state index contributed by atoms with van der Waals surface area (Å²) in [6.07, 6.45) is 0. The molecule has 0 aromatic heterocycles. The van der Waals surface area contributed by atoms with Crippen LogP contribution in [0, 0.1) is 10.1 Å². The Bertz CT molecular complexity index is 474. The first-order valence-electron chi connectivity index (χ1n) is 5.46. The van der Waals surface area contributed by atoms with E-state index in [0.717, 1.165) is 6.07 Å². The highest BCUT2D eigenvalue weighted by atomic mass is 35.5. The lowest BCUT2D eigenvalue weighted by atomic mass is 10.1. The molecule has 8 heteroatoms. The molecule has 0 aliphatic carbocycles. The molecule has 0 bridgehead atoms. The summed E-state index contributed by atoms with van der Waals surface area (Å²) in [7, 11) is 0. The number of hydrogen-bond acceptors (Lipinski definition) is 5. The number of rotatable bonds is 6. The van der Waals surface area contributed by atoms with Gasteiger partial charge in [0.2, 0.25) is 0 Å². The standard InChI is InChI=1S/C11H13ClN2O5/c12-9-2-1-8(7-10(9)14(18)19)11(17)13(3-5-15)4-6-16/h1-2,7,15-16H,3-6H2. The third kappa shape index (κ3) is 3.88. The highest BCUT2D eigenvalue weighted by Crippen LogP contribution is 2.25. The predicted octanol–water partition coefficient (Wildman–Crippen LogP) is 0.675. The molecule has 1 rings (SSSR count). The second-order valence-corrected chi connectivity index (χ2v) is 4.07.